The molecule has 108 valence electrons. The lowest BCUT2D eigenvalue weighted by Gasteiger charge is -2.17. The second kappa shape index (κ2) is 5.57. The lowest BCUT2D eigenvalue weighted by Crippen LogP contribution is -2.17. The Bertz CT molecular complexity index is 861. The molecule has 0 atom stereocenters. The van der Waals surface area contributed by atoms with E-state index in [4.69, 9.17) is 0 Å². The van der Waals surface area contributed by atoms with E-state index in [1.807, 2.05) is 18.3 Å². The number of hydrogen-bond acceptors (Lipinski definition) is 2. The third-order valence-electron chi connectivity index (χ3n) is 4.12. The number of rotatable bonds is 1. The largest absolute Gasteiger partial charge is 0.371 e. The van der Waals surface area contributed by atoms with E-state index in [0.717, 1.165) is 35.2 Å². The Balaban J connectivity index is 1.66. The molecule has 2 aromatic heterocycles. The van der Waals surface area contributed by atoms with Gasteiger partial charge in [-0.15, -0.1) is 0 Å². The summed E-state index contributed by atoms with van der Waals surface area (Å²) in [5, 5.41) is 1.07. The summed E-state index contributed by atoms with van der Waals surface area (Å²) in [5.74, 6) is 6.57. The van der Waals surface area contributed by atoms with Crippen molar-refractivity contribution in [2.24, 2.45) is 0 Å². The molecule has 0 radical (unpaired) electrons. The van der Waals surface area contributed by atoms with Crippen LogP contribution in [-0.4, -0.2) is 23.1 Å². The van der Waals surface area contributed by atoms with Gasteiger partial charge < -0.3 is 9.88 Å². The van der Waals surface area contributed by atoms with Crippen molar-refractivity contribution >= 4 is 16.7 Å². The molecule has 22 heavy (non-hydrogen) atoms. The molecule has 3 aromatic rings. The zero-order chi connectivity index (χ0) is 14.8. The zero-order valence-corrected chi connectivity index (χ0v) is 12.3. The van der Waals surface area contributed by atoms with Gasteiger partial charge in [0.2, 0.25) is 0 Å². The minimum absolute atomic E-state index is 0.887. The predicted molar refractivity (Wildman–Crippen MR) is 90.0 cm³/mol. The van der Waals surface area contributed by atoms with Gasteiger partial charge in [-0.25, -0.2) is 4.98 Å². The molecule has 1 aromatic carbocycles. The SMILES string of the molecule is C(#Cc1ccnc2[nH]ccc12)c1cccc(N2CCCC2)c1. The standard InChI is InChI=1S/C19H17N3/c1-2-13-22(12-1)17-5-3-4-15(14-17)6-7-16-8-10-20-19-18(16)9-11-21-19/h3-5,8-11,14H,1-2,12-13H2,(H,20,21). The van der Waals surface area contributed by atoms with Crippen molar-refractivity contribution in [2.45, 2.75) is 12.8 Å². The van der Waals surface area contributed by atoms with Gasteiger partial charge in [0.05, 0.1) is 0 Å². The van der Waals surface area contributed by atoms with E-state index in [1.54, 1.807) is 6.20 Å². The molecule has 0 bridgehead atoms. The number of aromatic nitrogens is 2. The first-order valence-corrected chi connectivity index (χ1v) is 7.69. The molecule has 0 aliphatic carbocycles. The highest BCUT2D eigenvalue weighted by molar-refractivity contribution is 5.82. The molecule has 0 spiro atoms. The molecular formula is C19H17N3. The van der Waals surface area contributed by atoms with E-state index in [2.05, 4.69) is 51.0 Å². The molecular weight excluding hydrogens is 270 g/mol. The van der Waals surface area contributed by atoms with Crippen LogP contribution in [0.15, 0.2) is 48.8 Å². The van der Waals surface area contributed by atoms with Gasteiger partial charge >= 0.3 is 0 Å². The Labute approximate surface area is 130 Å². The van der Waals surface area contributed by atoms with Crippen molar-refractivity contribution in [3.63, 3.8) is 0 Å². The topological polar surface area (TPSA) is 31.9 Å². The first-order chi connectivity index (χ1) is 10.9. The number of hydrogen-bond donors (Lipinski definition) is 1. The highest BCUT2D eigenvalue weighted by Crippen LogP contribution is 2.21. The molecule has 4 rings (SSSR count). The summed E-state index contributed by atoms with van der Waals surface area (Å²) in [6, 6.07) is 12.5. The smallest absolute Gasteiger partial charge is 0.138 e. The van der Waals surface area contributed by atoms with Gasteiger partial charge in [0.15, 0.2) is 0 Å². The van der Waals surface area contributed by atoms with Crippen LogP contribution < -0.4 is 4.90 Å². The Morgan fingerprint density at radius 3 is 2.86 bits per heavy atom. The Morgan fingerprint density at radius 2 is 1.95 bits per heavy atom. The van der Waals surface area contributed by atoms with Crippen LogP contribution >= 0.6 is 0 Å². The van der Waals surface area contributed by atoms with Crippen LogP contribution in [0, 0.1) is 11.8 Å². The number of nitrogens with zero attached hydrogens (tertiary/aromatic N) is 2. The van der Waals surface area contributed by atoms with Gasteiger partial charge in [-0.2, -0.15) is 0 Å². The summed E-state index contributed by atoms with van der Waals surface area (Å²) < 4.78 is 0. The van der Waals surface area contributed by atoms with E-state index in [0.29, 0.717) is 0 Å². The van der Waals surface area contributed by atoms with E-state index in [9.17, 15) is 0 Å². The molecule has 0 amide bonds. The van der Waals surface area contributed by atoms with Gasteiger partial charge in [0, 0.05) is 47.7 Å². The van der Waals surface area contributed by atoms with Crippen molar-refractivity contribution in [3.8, 4) is 11.8 Å². The van der Waals surface area contributed by atoms with E-state index in [1.165, 1.54) is 18.5 Å². The van der Waals surface area contributed by atoms with Gasteiger partial charge in [0.1, 0.15) is 5.65 Å². The maximum absolute atomic E-state index is 4.29. The van der Waals surface area contributed by atoms with Crippen LogP contribution in [-0.2, 0) is 0 Å². The summed E-state index contributed by atoms with van der Waals surface area (Å²) in [4.78, 5) is 9.84. The minimum Gasteiger partial charge on any atom is -0.371 e. The van der Waals surface area contributed by atoms with Gasteiger partial charge in [0.25, 0.3) is 0 Å². The van der Waals surface area contributed by atoms with E-state index < -0.39 is 0 Å². The zero-order valence-electron chi connectivity index (χ0n) is 12.3. The monoisotopic (exact) mass is 287 g/mol. The van der Waals surface area contributed by atoms with Crippen molar-refractivity contribution in [1.29, 1.82) is 0 Å². The van der Waals surface area contributed by atoms with Crippen molar-refractivity contribution in [2.75, 3.05) is 18.0 Å². The number of fused-ring (bicyclic) bond motifs is 1. The second-order valence-corrected chi connectivity index (χ2v) is 5.59. The van der Waals surface area contributed by atoms with Gasteiger partial charge in [-0.1, -0.05) is 17.9 Å². The maximum atomic E-state index is 4.29. The van der Waals surface area contributed by atoms with E-state index >= 15 is 0 Å². The minimum atomic E-state index is 0.887. The second-order valence-electron chi connectivity index (χ2n) is 5.59. The first-order valence-electron chi connectivity index (χ1n) is 7.69. The molecule has 1 aliphatic heterocycles. The molecule has 1 fully saturated rings. The Morgan fingerprint density at radius 1 is 1.05 bits per heavy atom. The number of H-pyrrole nitrogens is 1. The fraction of sp³-hybridized carbons (Fsp3) is 0.211. The van der Waals surface area contributed by atoms with Crippen LogP contribution in [0.5, 0.6) is 0 Å². The van der Waals surface area contributed by atoms with E-state index in [-0.39, 0.29) is 0 Å². The molecule has 1 aliphatic rings. The predicted octanol–water partition coefficient (Wildman–Crippen LogP) is 3.56. The van der Waals surface area contributed by atoms with Crippen LogP contribution in [0.1, 0.15) is 24.0 Å². The number of nitrogens with one attached hydrogen (secondary N) is 1. The van der Waals surface area contributed by atoms with Gasteiger partial charge in [-0.3, -0.25) is 0 Å². The molecule has 0 unspecified atom stereocenters. The average Bonchev–Trinajstić information content (AvgIpc) is 3.24. The number of anilines is 1. The number of pyridine rings is 1. The fourth-order valence-corrected chi connectivity index (χ4v) is 2.97. The molecule has 3 heteroatoms. The van der Waals surface area contributed by atoms with Crippen LogP contribution in [0.3, 0.4) is 0 Å². The van der Waals surface area contributed by atoms with Crippen molar-refractivity contribution < 1.29 is 0 Å². The number of benzene rings is 1. The Kier molecular flexibility index (Phi) is 3.29. The summed E-state index contributed by atoms with van der Waals surface area (Å²) in [6.45, 7) is 2.32. The third kappa shape index (κ3) is 2.44. The first kappa shape index (κ1) is 13.0. The van der Waals surface area contributed by atoms with Gasteiger partial charge in [-0.05, 0) is 43.2 Å². The van der Waals surface area contributed by atoms with Crippen molar-refractivity contribution in [3.05, 3.63) is 59.9 Å². The molecule has 3 nitrogen and oxygen atoms in total. The highest BCUT2D eigenvalue weighted by Gasteiger charge is 2.11. The molecule has 1 saturated heterocycles. The fourth-order valence-electron chi connectivity index (χ4n) is 2.97. The quantitative estimate of drug-likeness (QED) is 0.694. The molecule has 1 N–H and O–H groups in total. The normalized spacial score (nSPS) is 14.1. The van der Waals surface area contributed by atoms with Crippen molar-refractivity contribution in [1.82, 2.24) is 9.97 Å². The average molecular weight is 287 g/mol. The summed E-state index contributed by atoms with van der Waals surface area (Å²) >= 11 is 0. The summed E-state index contributed by atoms with van der Waals surface area (Å²) in [7, 11) is 0. The lowest BCUT2D eigenvalue weighted by molar-refractivity contribution is 0.949. The maximum Gasteiger partial charge on any atom is 0.138 e. The molecule has 3 heterocycles. The Hall–Kier alpha value is -2.73. The summed E-state index contributed by atoms with van der Waals surface area (Å²) in [6.07, 6.45) is 6.27. The number of aromatic amines is 1. The van der Waals surface area contributed by atoms with Crippen LogP contribution in [0.2, 0.25) is 0 Å². The summed E-state index contributed by atoms with van der Waals surface area (Å²) in [5.41, 5.74) is 4.24. The molecule has 0 saturated carbocycles. The highest BCUT2D eigenvalue weighted by atomic mass is 15.1. The van der Waals surface area contributed by atoms with Crippen LogP contribution in [0.4, 0.5) is 5.69 Å². The third-order valence-corrected chi connectivity index (χ3v) is 4.12. The van der Waals surface area contributed by atoms with Crippen LogP contribution in [0.25, 0.3) is 11.0 Å². The lowest BCUT2D eigenvalue weighted by atomic mass is 10.1.